The van der Waals surface area contributed by atoms with Gasteiger partial charge in [0.25, 0.3) is 0 Å². The van der Waals surface area contributed by atoms with E-state index in [-0.39, 0.29) is 17.1 Å². The molecule has 0 aromatic carbocycles. The van der Waals surface area contributed by atoms with E-state index in [0.29, 0.717) is 0 Å². The van der Waals surface area contributed by atoms with Crippen molar-refractivity contribution in [2.24, 2.45) is 0 Å². The molecule has 0 fully saturated rings. The van der Waals surface area contributed by atoms with E-state index in [1.165, 1.54) is 0 Å². The summed E-state index contributed by atoms with van der Waals surface area (Å²) in [5.41, 5.74) is 16.7. The summed E-state index contributed by atoms with van der Waals surface area (Å²) in [6.45, 7) is 3.31. The fourth-order valence-electron chi connectivity index (χ4n) is 7.48. The topological polar surface area (TPSA) is 70.3 Å². The molecule has 8 bridgehead atoms. The number of H-pyrrole nitrogens is 2. The molecule has 0 amide bonds. The van der Waals surface area contributed by atoms with Crippen LogP contribution < -0.4 is 0 Å². The zero-order valence-corrected chi connectivity index (χ0v) is 31.6. The van der Waals surface area contributed by atoms with Crippen LogP contribution in [0.5, 0.6) is 0 Å². The maximum Gasteiger partial charge on any atom is 3.00 e. The molecule has 0 spiro atoms. The Labute approximate surface area is 321 Å². The third-order valence-corrected chi connectivity index (χ3v) is 10.3. The van der Waals surface area contributed by atoms with Crippen molar-refractivity contribution in [1.29, 1.82) is 0 Å². The van der Waals surface area contributed by atoms with Gasteiger partial charge in [-0.2, -0.15) is 0 Å². The van der Waals surface area contributed by atoms with Gasteiger partial charge in [0.1, 0.15) is 0 Å². The maximum absolute atomic E-state index is 5.43. The van der Waals surface area contributed by atoms with Gasteiger partial charge in [0.15, 0.2) is 0 Å². The minimum atomic E-state index is 0. The average molecular weight is 738 g/mol. The molecular weight excluding hydrogens is 695 g/mol. The number of nitrogens with zero attached hydrogens (tertiary/aromatic N) is 6. The normalized spacial score (nSPS) is 17.6. The largest absolute Gasteiger partial charge is 3.00 e. The maximum atomic E-state index is 5.43. The second kappa shape index (κ2) is 14.0. The summed E-state index contributed by atoms with van der Waals surface area (Å²) in [6, 6.07) is 8.79. The zero-order chi connectivity index (χ0) is 35.3. The Kier molecular flexibility index (Phi) is 9.06. The molecule has 9 heteroatoms. The van der Waals surface area contributed by atoms with E-state index in [1.54, 1.807) is 0 Å². The number of allylic oxidation sites excluding steroid dienone is 8. The summed E-state index contributed by atoms with van der Waals surface area (Å²) >= 11 is 0. The van der Waals surface area contributed by atoms with Crippen molar-refractivity contribution >= 4 is 68.7 Å². The van der Waals surface area contributed by atoms with Crippen LogP contribution in [0.1, 0.15) is 45.0 Å². The molecule has 0 radical (unpaired) electrons. The van der Waals surface area contributed by atoms with E-state index in [1.807, 2.05) is 0 Å². The van der Waals surface area contributed by atoms with E-state index in [0.717, 1.165) is 116 Å². The molecule has 0 aliphatic carbocycles. The van der Waals surface area contributed by atoms with Crippen LogP contribution >= 0.6 is 0 Å². The molecule has 0 saturated heterocycles. The predicted octanol–water partition coefficient (Wildman–Crippen LogP) is 8.02. The third-order valence-electron chi connectivity index (χ3n) is 10.3. The number of nitrogens with one attached hydrogen (secondary N) is 2. The summed E-state index contributed by atoms with van der Waals surface area (Å²) in [7, 11) is 8.39. The predicted molar refractivity (Wildman–Crippen MR) is 218 cm³/mol. The molecule has 3 aromatic rings. The Morgan fingerprint density at radius 1 is 0.396 bits per heavy atom. The van der Waals surface area contributed by atoms with E-state index in [4.69, 9.17) is 9.97 Å². The first-order valence-corrected chi connectivity index (χ1v) is 17.9. The van der Waals surface area contributed by atoms with Gasteiger partial charge in [-0.1, -0.05) is 24.3 Å². The van der Waals surface area contributed by atoms with Gasteiger partial charge in [-0.05, 0) is 120 Å². The van der Waals surface area contributed by atoms with Gasteiger partial charge in [-0.3, -0.25) is 0 Å². The van der Waals surface area contributed by atoms with Gasteiger partial charge in [-0.25, -0.2) is 9.97 Å². The quantitative estimate of drug-likeness (QED) is 0.182. The Bertz CT molecular complexity index is 2160. The Morgan fingerprint density at radius 3 is 0.849 bits per heavy atom. The number of rotatable bonds is 4. The van der Waals surface area contributed by atoms with Crippen LogP contribution in [0.3, 0.4) is 0 Å². The van der Waals surface area contributed by atoms with Crippen LogP contribution in [0.15, 0.2) is 97.7 Å². The van der Waals surface area contributed by atoms with Gasteiger partial charge in [0.2, 0.25) is 0 Å². The standard InChI is InChI=1S/C44H42N8.Mn/c1-49-21-13-29(14-22-49)41-33-5-7-35(45-33)42(30-15-23-50(2)24-16-30)37-9-11-39(47-37)44(32-19-27-52(4)28-20-32)40-12-10-38(48-40)43(36-8-6-34(41)46-36)31-17-25-51(3)26-18-31;/h5-21,23,25,27,45,48H,22,24,26,28H2,1-4H3;/q;+3. The number of hydrogen-bond acceptors (Lipinski definition) is 6. The fourth-order valence-corrected chi connectivity index (χ4v) is 7.48. The second-order valence-electron chi connectivity index (χ2n) is 14.2. The van der Waals surface area contributed by atoms with E-state index in [9.17, 15) is 0 Å². The average Bonchev–Trinajstić information content (AvgIpc) is 3.99. The van der Waals surface area contributed by atoms with Gasteiger partial charge in [0.05, 0.1) is 22.8 Å². The number of hydrogen-bond donors (Lipinski definition) is 2. The van der Waals surface area contributed by atoms with Crippen molar-refractivity contribution in [3.8, 4) is 0 Å². The molecule has 6 aliphatic heterocycles. The van der Waals surface area contributed by atoms with Crippen LogP contribution in [0.2, 0.25) is 0 Å². The fraction of sp³-hybridized carbons (Fsp3) is 0.182. The summed E-state index contributed by atoms with van der Waals surface area (Å²) in [6.07, 6.45) is 35.2. The van der Waals surface area contributed by atoms with Crippen LogP contribution in [-0.4, -0.2) is 93.9 Å². The first-order chi connectivity index (χ1) is 25.4. The SMILES string of the molecule is CN1C=CC(c2c3nc(c(C4=CCN(C)C=C4)c4ccc([nH]4)c(C4=CCN(C)C=C4)c4nc(c(C5=CCN(C)C=C5)c5ccc2[nH]5)C=C4)C=C3)=CC1.[Mn+3]. The van der Waals surface area contributed by atoms with Crippen LogP contribution in [0, 0.1) is 0 Å². The van der Waals surface area contributed by atoms with Crippen LogP contribution in [-0.2, 0) is 17.1 Å². The molecule has 9 rings (SSSR count). The van der Waals surface area contributed by atoms with Crippen LogP contribution in [0.25, 0.3) is 68.7 Å². The van der Waals surface area contributed by atoms with Crippen molar-refractivity contribution in [1.82, 2.24) is 39.5 Å². The molecule has 6 aliphatic rings. The third kappa shape index (κ3) is 6.47. The van der Waals surface area contributed by atoms with Crippen molar-refractivity contribution < 1.29 is 17.1 Å². The summed E-state index contributed by atoms with van der Waals surface area (Å²) in [5, 5.41) is 0. The monoisotopic (exact) mass is 737 g/mol. The summed E-state index contributed by atoms with van der Waals surface area (Å²) in [4.78, 5) is 27.3. The minimum Gasteiger partial charge on any atom is -0.377 e. The molecule has 2 N–H and O–H groups in total. The molecule has 53 heavy (non-hydrogen) atoms. The van der Waals surface area contributed by atoms with Gasteiger partial charge in [0, 0.05) is 98.7 Å². The molecule has 8 nitrogen and oxygen atoms in total. The van der Waals surface area contributed by atoms with Crippen LogP contribution in [0.4, 0.5) is 0 Å². The Balaban J connectivity index is 0.00000400. The van der Waals surface area contributed by atoms with Crippen molar-refractivity contribution in [2.45, 2.75) is 0 Å². The molecule has 0 saturated carbocycles. The van der Waals surface area contributed by atoms with Crippen molar-refractivity contribution in [2.75, 3.05) is 54.4 Å². The Morgan fingerprint density at radius 2 is 0.642 bits per heavy atom. The second-order valence-corrected chi connectivity index (χ2v) is 14.2. The van der Waals surface area contributed by atoms with E-state index >= 15 is 0 Å². The van der Waals surface area contributed by atoms with Crippen molar-refractivity contribution in [3.63, 3.8) is 0 Å². The summed E-state index contributed by atoms with van der Waals surface area (Å²) in [5.74, 6) is 0. The smallest absolute Gasteiger partial charge is 0.377 e. The number of aromatic nitrogens is 4. The van der Waals surface area contributed by atoms with Gasteiger partial charge < -0.3 is 29.6 Å². The number of fused-ring (bicyclic) bond motifs is 8. The first kappa shape index (κ1) is 34.3. The molecule has 262 valence electrons. The molecule has 0 unspecified atom stereocenters. The molecule has 0 atom stereocenters. The first-order valence-electron chi connectivity index (χ1n) is 17.9. The van der Waals surface area contributed by atoms with E-state index in [2.05, 4.69) is 180 Å². The zero-order valence-electron chi connectivity index (χ0n) is 30.4. The number of aromatic amines is 2. The minimum absolute atomic E-state index is 0. The van der Waals surface area contributed by atoms with Crippen molar-refractivity contribution in [3.05, 3.63) is 143 Å². The van der Waals surface area contributed by atoms with E-state index < -0.39 is 0 Å². The molecular formula is C44H42MnN8+3. The molecule has 3 aromatic heterocycles. The van der Waals surface area contributed by atoms with Gasteiger partial charge in [-0.15, -0.1) is 0 Å². The Hall–Kier alpha value is -5.76. The number of likely N-dealkylation sites (N-methyl/N-ethyl adjacent to an activating group) is 4. The molecule has 9 heterocycles. The summed E-state index contributed by atoms with van der Waals surface area (Å²) < 4.78 is 0. The van der Waals surface area contributed by atoms with Gasteiger partial charge >= 0.3 is 17.1 Å².